The molecule has 3 rings (SSSR count). The molecular formula is C14H11N3O6S. The molecule has 4 N–H and O–H groups in total. The first kappa shape index (κ1) is 15.9. The summed E-state index contributed by atoms with van der Waals surface area (Å²) in [5, 5.41) is 2.03. The van der Waals surface area contributed by atoms with Crippen molar-refractivity contribution in [2.45, 2.75) is 11.8 Å². The number of hydrogen-bond donors (Lipinski definition) is 3. The molecule has 0 bridgehead atoms. The summed E-state index contributed by atoms with van der Waals surface area (Å²) >= 11 is 0. The molecule has 1 aliphatic heterocycles. The molecule has 0 unspecified atom stereocenters. The number of rotatable bonds is 2. The number of aryl methyl sites for hydroxylation is 1. The molecule has 0 spiro atoms. The number of anilines is 1. The van der Waals surface area contributed by atoms with Gasteiger partial charge in [0.15, 0.2) is 0 Å². The summed E-state index contributed by atoms with van der Waals surface area (Å²) in [6.07, 6.45) is 0. The van der Waals surface area contributed by atoms with Gasteiger partial charge in [0.05, 0.1) is 21.7 Å². The highest BCUT2D eigenvalue weighted by Gasteiger charge is 2.32. The highest BCUT2D eigenvalue weighted by atomic mass is 32.2. The standard InChI is InChI=1S/C14H11N3O6S/c1-6-2-3-7(24(21,22)23)4-9(6)17-10(18)5-8-11(12(17)15)14(20)16-13(8)19/h2-5H,15H2,1H3,(H,16,19,20)(H,21,22,23). The Balaban J connectivity index is 2.37. The van der Waals surface area contributed by atoms with Gasteiger partial charge in [-0.05, 0) is 24.6 Å². The van der Waals surface area contributed by atoms with Crippen molar-refractivity contribution in [2.75, 3.05) is 5.73 Å². The van der Waals surface area contributed by atoms with Gasteiger partial charge in [0.1, 0.15) is 5.82 Å². The molecule has 1 aromatic heterocycles. The lowest BCUT2D eigenvalue weighted by Crippen LogP contribution is -2.24. The first-order valence-corrected chi connectivity index (χ1v) is 8.05. The van der Waals surface area contributed by atoms with E-state index in [0.29, 0.717) is 5.56 Å². The molecule has 10 heteroatoms. The maximum absolute atomic E-state index is 12.3. The van der Waals surface area contributed by atoms with Crippen LogP contribution in [0.15, 0.2) is 34.0 Å². The van der Waals surface area contributed by atoms with Crippen LogP contribution in [0.1, 0.15) is 26.3 Å². The Hall–Kier alpha value is -2.98. The number of amides is 2. The Morgan fingerprint density at radius 1 is 1.12 bits per heavy atom. The SMILES string of the molecule is Cc1ccc(S(=O)(=O)O)cc1-n1c(N)c2c(cc1=O)C(=O)NC2=O. The number of carbonyl (C=O) groups is 2. The number of aromatic nitrogens is 1. The van der Waals surface area contributed by atoms with Gasteiger partial charge in [-0.25, -0.2) is 0 Å². The maximum Gasteiger partial charge on any atom is 0.294 e. The molecule has 1 aliphatic rings. The number of pyridine rings is 1. The molecule has 2 amide bonds. The first-order chi connectivity index (χ1) is 11.1. The van der Waals surface area contributed by atoms with Crippen LogP contribution in [-0.2, 0) is 10.1 Å². The molecule has 0 radical (unpaired) electrons. The number of nitrogens with two attached hydrogens (primary N) is 1. The van der Waals surface area contributed by atoms with Crippen LogP contribution in [-0.4, -0.2) is 29.4 Å². The zero-order valence-corrected chi connectivity index (χ0v) is 13.0. The maximum atomic E-state index is 12.3. The van der Waals surface area contributed by atoms with Crippen LogP contribution in [0.2, 0.25) is 0 Å². The molecular weight excluding hydrogens is 338 g/mol. The summed E-state index contributed by atoms with van der Waals surface area (Å²) in [6, 6.07) is 4.55. The Kier molecular flexibility index (Phi) is 3.32. The molecule has 0 fully saturated rings. The van der Waals surface area contributed by atoms with Crippen LogP contribution in [0.25, 0.3) is 5.69 Å². The van der Waals surface area contributed by atoms with E-state index < -0.39 is 32.4 Å². The summed E-state index contributed by atoms with van der Waals surface area (Å²) in [5.41, 5.74) is 5.42. The number of nitrogen functional groups attached to an aromatic ring is 1. The van der Waals surface area contributed by atoms with E-state index in [9.17, 15) is 22.8 Å². The Bertz CT molecular complexity index is 1080. The van der Waals surface area contributed by atoms with Gasteiger partial charge in [-0.1, -0.05) is 6.07 Å². The third-order valence-electron chi connectivity index (χ3n) is 3.67. The Labute approximate surface area is 135 Å². The molecule has 124 valence electrons. The average molecular weight is 349 g/mol. The van der Waals surface area contributed by atoms with Crippen molar-refractivity contribution in [3.63, 3.8) is 0 Å². The topological polar surface area (TPSA) is 149 Å². The van der Waals surface area contributed by atoms with Gasteiger partial charge >= 0.3 is 0 Å². The van der Waals surface area contributed by atoms with E-state index in [4.69, 9.17) is 10.3 Å². The minimum atomic E-state index is -4.50. The smallest absolute Gasteiger partial charge is 0.294 e. The highest BCUT2D eigenvalue weighted by molar-refractivity contribution is 7.85. The van der Waals surface area contributed by atoms with E-state index in [1.54, 1.807) is 6.92 Å². The van der Waals surface area contributed by atoms with Crippen LogP contribution in [0, 0.1) is 6.92 Å². The van der Waals surface area contributed by atoms with Crippen molar-refractivity contribution in [1.82, 2.24) is 9.88 Å². The number of fused-ring (bicyclic) bond motifs is 1. The Morgan fingerprint density at radius 2 is 1.79 bits per heavy atom. The lowest BCUT2D eigenvalue weighted by Gasteiger charge is -2.14. The molecule has 1 aromatic carbocycles. The zero-order valence-electron chi connectivity index (χ0n) is 12.2. The largest absolute Gasteiger partial charge is 0.384 e. The zero-order chi connectivity index (χ0) is 17.8. The number of imide groups is 1. The van der Waals surface area contributed by atoms with Gasteiger partial charge in [0, 0.05) is 6.07 Å². The third-order valence-corrected chi connectivity index (χ3v) is 4.52. The second-order valence-corrected chi connectivity index (χ2v) is 6.62. The van der Waals surface area contributed by atoms with Gasteiger partial charge in [-0.3, -0.25) is 28.8 Å². The first-order valence-electron chi connectivity index (χ1n) is 6.61. The van der Waals surface area contributed by atoms with E-state index >= 15 is 0 Å². The average Bonchev–Trinajstić information content (AvgIpc) is 2.74. The van der Waals surface area contributed by atoms with Gasteiger partial charge in [0.2, 0.25) is 0 Å². The number of nitrogens with one attached hydrogen (secondary N) is 1. The van der Waals surface area contributed by atoms with E-state index in [-0.39, 0.29) is 22.6 Å². The third kappa shape index (κ3) is 2.28. The lowest BCUT2D eigenvalue weighted by molar-refractivity contribution is 0.0880. The minimum absolute atomic E-state index is 0.0718. The fraction of sp³-hybridized carbons (Fsp3) is 0.0714. The molecule has 0 aliphatic carbocycles. The van der Waals surface area contributed by atoms with E-state index in [0.717, 1.165) is 16.7 Å². The summed E-state index contributed by atoms with van der Waals surface area (Å²) < 4.78 is 32.7. The minimum Gasteiger partial charge on any atom is -0.384 e. The van der Waals surface area contributed by atoms with E-state index in [2.05, 4.69) is 0 Å². The van der Waals surface area contributed by atoms with E-state index in [1.807, 2.05) is 5.32 Å². The normalized spacial score (nSPS) is 13.8. The summed E-state index contributed by atoms with van der Waals surface area (Å²) in [7, 11) is -4.50. The number of carbonyl (C=O) groups excluding carboxylic acids is 2. The van der Waals surface area contributed by atoms with Gasteiger partial charge < -0.3 is 5.73 Å². The van der Waals surface area contributed by atoms with Crippen molar-refractivity contribution in [2.24, 2.45) is 0 Å². The predicted octanol–water partition coefficient (Wildman–Crippen LogP) is -0.142. The summed E-state index contributed by atoms with van der Waals surface area (Å²) in [5.74, 6) is -1.77. The van der Waals surface area contributed by atoms with Crippen LogP contribution >= 0.6 is 0 Å². The number of benzene rings is 1. The molecule has 24 heavy (non-hydrogen) atoms. The molecule has 0 atom stereocenters. The van der Waals surface area contributed by atoms with E-state index in [1.165, 1.54) is 12.1 Å². The van der Waals surface area contributed by atoms with Crippen molar-refractivity contribution in [1.29, 1.82) is 0 Å². The van der Waals surface area contributed by atoms with Crippen molar-refractivity contribution in [3.05, 3.63) is 51.3 Å². The second-order valence-electron chi connectivity index (χ2n) is 5.20. The predicted molar refractivity (Wildman–Crippen MR) is 82.8 cm³/mol. The quantitative estimate of drug-likeness (QED) is 0.504. The van der Waals surface area contributed by atoms with Crippen molar-refractivity contribution in [3.8, 4) is 5.69 Å². The molecule has 0 saturated heterocycles. The summed E-state index contributed by atoms with van der Waals surface area (Å²) in [4.78, 5) is 35.4. The fourth-order valence-corrected chi connectivity index (χ4v) is 3.02. The van der Waals surface area contributed by atoms with Crippen LogP contribution in [0.5, 0.6) is 0 Å². The van der Waals surface area contributed by atoms with Crippen LogP contribution in [0.4, 0.5) is 5.82 Å². The van der Waals surface area contributed by atoms with Crippen LogP contribution in [0.3, 0.4) is 0 Å². The van der Waals surface area contributed by atoms with Crippen molar-refractivity contribution < 1.29 is 22.6 Å². The summed E-state index contributed by atoms with van der Waals surface area (Å²) in [6.45, 7) is 1.59. The molecule has 9 nitrogen and oxygen atoms in total. The Morgan fingerprint density at radius 3 is 2.42 bits per heavy atom. The fourth-order valence-electron chi connectivity index (χ4n) is 2.52. The highest BCUT2D eigenvalue weighted by Crippen LogP contribution is 2.25. The van der Waals surface area contributed by atoms with Gasteiger partial charge in [-0.2, -0.15) is 8.42 Å². The van der Waals surface area contributed by atoms with Gasteiger partial charge in [0.25, 0.3) is 27.5 Å². The molecule has 2 aromatic rings. The van der Waals surface area contributed by atoms with Crippen molar-refractivity contribution >= 4 is 27.8 Å². The molecule has 2 heterocycles. The number of nitrogens with zero attached hydrogens (tertiary/aromatic N) is 1. The van der Waals surface area contributed by atoms with Crippen LogP contribution < -0.4 is 16.6 Å². The monoisotopic (exact) mass is 349 g/mol. The van der Waals surface area contributed by atoms with Gasteiger partial charge in [-0.15, -0.1) is 0 Å². The lowest BCUT2D eigenvalue weighted by atomic mass is 10.1. The second kappa shape index (κ2) is 5.01. The molecule has 0 saturated carbocycles. The number of hydrogen-bond acceptors (Lipinski definition) is 6.